The van der Waals surface area contributed by atoms with Crippen molar-refractivity contribution in [1.82, 2.24) is 4.98 Å². The van der Waals surface area contributed by atoms with Crippen molar-refractivity contribution in [2.24, 2.45) is 0 Å². The minimum absolute atomic E-state index is 0.0150. The number of halogens is 1. The third-order valence-electron chi connectivity index (χ3n) is 3.11. The van der Waals surface area contributed by atoms with Crippen molar-refractivity contribution in [2.45, 2.75) is 4.90 Å². The molecule has 0 aliphatic heterocycles. The van der Waals surface area contributed by atoms with Gasteiger partial charge in [0.2, 0.25) is 0 Å². The van der Waals surface area contributed by atoms with Gasteiger partial charge >= 0.3 is 0 Å². The van der Waals surface area contributed by atoms with Gasteiger partial charge in [-0.2, -0.15) is 0 Å². The Morgan fingerprint density at radius 3 is 2.65 bits per heavy atom. The summed E-state index contributed by atoms with van der Waals surface area (Å²) in [5.74, 6) is 0. The molecule has 3 rings (SSSR count). The number of hydrogen-bond donors (Lipinski definition) is 0. The number of nitro benzene ring substituents is 1. The maximum Gasteiger partial charge on any atom is 0.271 e. The summed E-state index contributed by atoms with van der Waals surface area (Å²) in [6, 6.07) is 10.4. The third-order valence-corrected chi connectivity index (χ3v) is 4.24. The summed E-state index contributed by atoms with van der Waals surface area (Å²) in [5.41, 5.74) is 1.29. The highest BCUT2D eigenvalue weighted by molar-refractivity contribution is 7.98. The van der Waals surface area contributed by atoms with E-state index in [4.69, 9.17) is 11.6 Å². The van der Waals surface area contributed by atoms with Crippen molar-refractivity contribution in [3.63, 3.8) is 0 Å². The van der Waals surface area contributed by atoms with Gasteiger partial charge in [-0.3, -0.25) is 10.1 Å². The van der Waals surface area contributed by atoms with Gasteiger partial charge in [0.15, 0.2) is 0 Å². The molecule has 0 spiro atoms. The van der Waals surface area contributed by atoms with Crippen molar-refractivity contribution in [3.05, 3.63) is 51.5 Å². The lowest BCUT2D eigenvalue weighted by Crippen LogP contribution is -1.90. The van der Waals surface area contributed by atoms with Crippen molar-refractivity contribution in [2.75, 3.05) is 6.26 Å². The van der Waals surface area contributed by atoms with Gasteiger partial charge in [-0.05, 0) is 30.5 Å². The summed E-state index contributed by atoms with van der Waals surface area (Å²) in [6.45, 7) is 0. The summed E-state index contributed by atoms with van der Waals surface area (Å²) in [4.78, 5) is 15.9. The van der Waals surface area contributed by atoms with E-state index in [1.807, 2.05) is 24.5 Å². The highest BCUT2D eigenvalue weighted by Crippen LogP contribution is 2.33. The number of fused-ring (bicyclic) bond motifs is 2. The molecule has 0 radical (unpaired) electrons. The predicted octanol–water partition coefficient (Wildman–Crippen LogP) is 4.67. The van der Waals surface area contributed by atoms with Crippen LogP contribution in [0.5, 0.6) is 0 Å². The molecule has 0 saturated heterocycles. The molecule has 0 aliphatic carbocycles. The molecule has 0 bridgehead atoms. The van der Waals surface area contributed by atoms with Crippen molar-refractivity contribution in [3.8, 4) is 0 Å². The zero-order valence-corrected chi connectivity index (χ0v) is 12.0. The van der Waals surface area contributed by atoms with E-state index >= 15 is 0 Å². The average molecular weight is 305 g/mol. The molecule has 1 heterocycles. The van der Waals surface area contributed by atoms with Crippen LogP contribution in [0.4, 0.5) is 5.69 Å². The number of non-ortho nitro benzene ring substituents is 1. The molecule has 0 fully saturated rings. The quantitative estimate of drug-likeness (QED) is 0.299. The number of rotatable bonds is 2. The molecule has 100 valence electrons. The summed E-state index contributed by atoms with van der Waals surface area (Å²) in [5, 5.41) is 13.0. The molecule has 3 aromatic rings. The van der Waals surface area contributed by atoms with E-state index in [1.54, 1.807) is 17.8 Å². The zero-order chi connectivity index (χ0) is 14.3. The van der Waals surface area contributed by atoms with Crippen LogP contribution in [-0.2, 0) is 0 Å². The van der Waals surface area contributed by atoms with Gasteiger partial charge in [-0.15, -0.1) is 11.8 Å². The lowest BCUT2D eigenvalue weighted by Gasteiger charge is -2.06. The van der Waals surface area contributed by atoms with E-state index in [2.05, 4.69) is 4.98 Å². The van der Waals surface area contributed by atoms with Crippen molar-refractivity contribution in [1.29, 1.82) is 0 Å². The standard InChI is InChI=1S/C14H9ClN2O2S/c1-20-9-3-5-12-11(7-9)14(15)10-4-2-8(17(18)19)6-13(10)16-12/h2-7H,1H3. The van der Waals surface area contributed by atoms with Gasteiger partial charge in [0.25, 0.3) is 5.69 Å². The fourth-order valence-electron chi connectivity index (χ4n) is 2.10. The smallest absolute Gasteiger partial charge is 0.258 e. The molecule has 0 saturated carbocycles. The molecular weight excluding hydrogens is 296 g/mol. The number of pyridine rings is 1. The molecule has 6 heteroatoms. The Hall–Kier alpha value is -1.85. The van der Waals surface area contributed by atoms with E-state index in [9.17, 15) is 10.1 Å². The number of benzene rings is 2. The van der Waals surface area contributed by atoms with Crippen LogP contribution in [0.3, 0.4) is 0 Å². The molecule has 2 aromatic carbocycles. The first-order chi connectivity index (χ1) is 9.60. The Bertz CT molecular complexity index is 851. The molecule has 4 nitrogen and oxygen atoms in total. The summed E-state index contributed by atoms with van der Waals surface area (Å²) < 4.78 is 0. The van der Waals surface area contributed by atoms with Gasteiger partial charge in [-0.25, -0.2) is 4.98 Å². The number of aromatic nitrogens is 1. The topological polar surface area (TPSA) is 56.0 Å². The Morgan fingerprint density at radius 1 is 1.15 bits per heavy atom. The van der Waals surface area contributed by atoms with Gasteiger partial charge in [-0.1, -0.05) is 11.6 Å². The van der Waals surface area contributed by atoms with Gasteiger partial charge < -0.3 is 0 Å². The van der Waals surface area contributed by atoms with Crippen molar-refractivity contribution < 1.29 is 4.92 Å². The Kier molecular flexibility index (Phi) is 3.23. The fourth-order valence-corrected chi connectivity index (χ4v) is 2.85. The number of nitro groups is 1. The predicted molar refractivity (Wildman–Crippen MR) is 82.7 cm³/mol. The first-order valence-corrected chi connectivity index (χ1v) is 7.42. The Balaban J connectivity index is 2.37. The molecule has 0 amide bonds. The van der Waals surface area contributed by atoms with E-state index in [0.717, 1.165) is 21.2 Å². The molecule has 0 N–H and O–H groups in total. The molecule has 0 atom stereocenters. The first kappa shape index (κ1) is 13.1. The second-order valence-electron chi connectivity index (χ2n) is 4.27. The Morgan fingerprint density at radius 2 is 1.95 bits per heavy atom. The second-order valence-corrected chi connectivity index (χ2v) is 5.53. The molecule has 20 heavy (non-hydrogen) atoms. The van der Waals surface area contributed by atoms with Crippen LogP contribution in [0.1, 0.15) is 0 Å². The fraction of sp³-hybridized carbons (Fsp3) is 0.0714. The van der Waals surface area contributed by atoms with Crippen LogP contribution in [0.15, 0.2) is 41.3 Å². The lowest BCUT2D eigenvalue weighted by atomic mass is 10.1. The van der Waals surface area contributed by atoms with Crippen LogP contribution >= 0.6 is 23.4 Å². The maximum absolute atomic E-state index is 10.8. The normalized spacial score (nSPS) is 11.1. The first-order valence-electron chi connectivity index (χ1n) is 5.81. The molecular formula is C14H9ClN2O2S. The van der Waals surface area contributed by atoms with Crippen LogP contribution in [0, 0.1) is 10.1 Å². The van der Waals surface area contributed by atoms with Crippen LogP contribution in [0.25, 0.3) is 21.8 Å². The minimum atomic E-state index is -0.434. The number of thioether (sulfide) groups is 1. The van der Waals surface area contributed by atoms with E-state index in [1.165, 1.54) is 12.1 Å². The molecule has 0 unspecified atom stereocenters. The number of nitrogens with zero attached hydrogens (tertiary/aromatic N) is 2. The average Bonchev–Trinajstić information content (AvgIpc) is 2.46. The Labute approximate surface area is 123 Å². The largest absolute Gasteiger partial charge is 0.271 e. The van der Waals surface area contributed by atoms with E-state index in [0.29, 0.717) is 10.5 Å². The minimum Gasteiger partial charge on any atom is -0.258 e. The van der Waals surface area contributed by atoms with E-state index in [-0.39, 0.29) is 5.69 Å². The van der Waals surface area contributed by atoms with Crippen LogP contribution in [-0.4, -0.2) is 16.2 Å². The van der Waals surface area contributed by atoms with Gasteiger partial charge in [0.1, 0.15) is 0 Å². The highest BCUT2D eigenvalue weighted by Gasteiger charge is 2.12. The number of hydrogen-bond acceptors (Lipinski definition) is 4. The summed E-state index contributed by atoms with van der Waals surface area (Å²) in [7, 11) is 0. The summed E-state index contributed by atoms with van der Waals surface area (Å²) in [6.07, 6.45) is 1.99. The summed E-state index contributed by atoms with van der Waals surface area (Å²) >= 11 is 8.04. The van der Waals surface area contributed by atoms with Gasteiger partial charge in [0.05, 0.1) is 21.0 Å². The zero-order valence-electron chi connectivity index (χ0n) is 10.5. The maximum atomic E-state index is 10.8. The second kappa shape index (κ2) is 4.92. The monoisotopic (exact) mass is 304 g/mol. The lowest BCUT2D eigenvalue weighted by molar-refractivity contribution is -0.384. The molecule has 1 aromatic heterocycles. The van der Waals surface area contributed by atoms with E-state index < -0.39 is 4.92 Å². The van der Waals surface area contributed by atoms with Crippen LogP contribution in [0.2, 0.25) is 5.02 Å². The third kappa shape index (κ3) is 2.09. The molecule has 0 aliphatic rings. The van der Waals surface area contributed by atoms with Gasteiger partial charge in [0, 0.05) is 27.8 Å². The highest BCUT2D eigenvalue weighted by atomic mass is 35.5. The van der Waals surface area contributed by atoms with Crippen LogP contribution < -0.4 is 0 Å². The SMILES string of the molecule is CSc1ccc2nc3cc([N+](=O)[O-])ccc3c(Cl)c2c1. The van der Waals surface area contributed by atoms with Crippen molar-refractivity contribution >= 4 is 50.9 Å².